The van der Waals surface area contributed by atoms with Crippen LogP contribution in [0.4, 0.5) is 5.69 Å². The van der Waals surface area contributed by atoms with Crippen molar-refractivity contribution < 1.29 is 0 Å². The van der Waals surface area contributed by atoms with Gasteiger partial charge in [0.15, 0.2) is 0 Å². The highest BCUT2D eigenvalue weighted by Gasteiger charge is 2.34. The van der Waals surface area contributed by atoms with Gasteiger partial charge in [-0.1, -0.05) is 38.4 Å². The molecule has 0 atom stereocenters. The first kappa shape index (κ1) is 16.6. The fourth-order valence-corrected chi connectivity index (χ4v) is 3.50. The molecular weight excluding hydrogens is 280 g/mol. The topological polar surface area (TPSA) is 15.3 Å². The Morgan fingerprint density at radius 2 is 2.00 bits per heavy atom. The summed E-state index contributed by atoms with van der Waals surface area (Å²) in [4.78, 5) is 2.50. The van der Waals surface area contributed by atoms with Gasteiger partial charge in [-0.2, -0.15) is 0 Å². The third-order valence-corrected chi connectivity index (χ3v) is 5.43. The molecule has 0 amide bonds. The number of benzene rings is 1. The zero-order valence-corrected chi connectivity index (χ0v) is 14.5. The Hall–Kier alpha value is -0.730. The summed E-state index contributed by atoms with van der Waals surface area (Å²) in [6.45, 7) is 11.1. The van der Waals surface area contributed by atoms with E-state index in [4.69, 9.17) is 11.6 Å². The maximum atomic E-state index is 6.46. The molecule has 3 heteroatoms. The van der Waals surface area contributed by atoms with Gasteiger partial charge < -0.3 is 10.2 Å². The summed E-state index contributed by atoms with van der Waals surface area (Å²) in [5, 5.41) is 4.30. The van der Waals surface area contributed by atoms with Crippen molar-refractivity contribution in [2.75, 3.05) is 24.5 Å². The minimum Gasteiger partial charge on any atom is -0.371 e. The highest BCUT2D eigenvalue weighted by atomic mass is 35.5. The first-order valence-electron chi connectivity index (χ1n) is 8.38. The SMILES string of the molecule is CCCNCc1ccc(N2CCC(CC)(CC)C2)cc1Cl. The maximum Gasteiger partial charge on any atom is 0.0471 e. The number of hydrogen-bond acceptors (Lipinski definition) is 2. The van der Waals surface area contributed by atoms with Crippen molar-refractivity contribution >= 4 is 17.3 Å². The molecule has 0 saturated carbocycles. The molecule has 0 aliphatic carbocycles. The molecule has 0 unspecified atom stereocenters. The number of rotatable bonds is 7. The molecule has 2 nitrogen and oxygen atoms in total. The summed E-state index contributed by atoms with van der Waals surface area (Å²) in [5.74, 6) is 0. The van der Waals surface area contributed by atoms with Gasteiger partial charge in [0.05, 0.1) is 0 Å². The molecule has 0 spiro atoms. The predicted octanol–water partition coefficient (Wildman–Crippen LogP) is 4.86. The Balaban J connectivity index is 2.03. The van der Waals surface area contributed by atoms with E-state index in [9.17, 15) is 0 Å². The molecule has 1 aromatic rings. The van der Waals surface area contributed by atoms with E-state index in [1.807, 2.05) is 0 Å². The van der Waals surface area contributed by atoms with E-state index in [2.05, 4.69) is 49.2 Å². The number of nitrogens with one attached hydrogen (secondary N) is 1. The molecule has 1 aliphatic rings. The van der Waals surface area contributed by atoms with Crippen LogP contribution in [0.15, 0.2) is 18.2 Å². The van der Waals surface area contributed by atoms with Gasteiger partial charge in [0, 0.05) is 30.3 Å². The van der Waals surface area contributed by atoms with E-state index in [1.165, 1.54) is 37.1 Å². The van der Waals surface area contributed by atoms with Crippen molar-refractivity contribution in [1.29, 1.82) is 0 Å². The van der Waals surface area contributed by atoms with Crippen LogP contribution in [-0.4, -0.2) is 19.6 Å². The monoisotopic (exact) mass is 308 g/mol. The molecule has 0 aromatic heterocycles. The summed E-state index contributed by atoms with van der Waals surface area (Å²) in [7, 11) is 0. The first-order chi connectivity index (χ1) is 10.1. The maximum absolute atomic E-state index is 6.46. The smallest absolute Gasteiger partial charge is 0.0471 e. The normalized spacial score (nSPS) is 17.4. The van der Waals surface area contributed by atoms with E-state index >= 15 is 0 Å². The third-order valence-electron chi connectivity index (χ3n) is 5.08. The van der Waals surface area contributed by atoms with Gasteiger partial charge in [-0.3, -0.25) is 0 Å². The number of hydrogen-bond donors (Lipinski definition) is 1. The van der Waals surface area contributed by atoms with Gasteiger partial charge in [-0.25, -0.2) is 0 Å². The van der Waals surface area contributed by atoms with Crippen molar-refractivity contribution in [1.82, 2.24) is 5.32 Å². The van der Waals surface area contributed by atoms with Crippen LogP contribution in [0.2, 0.25) is 5.02 Å². The van der Waals surface area contributed by atoms with Crippen LogP contribution < -0.4 is 10.2 Å². The van der Waals surface area contributed by atoms with Crippen molar-refractivity contribution in [3.63, 3.8) is 0 Å². The molecule has 2 rings (SSSR count). The molecule has 0 bridgehead atoms. The van der Waals surface area contributed by atoms with E-state index in [1.54, 1.807) is 0 Å². The van der Waals surface area contributed by atoms with Crippen molar-refractivity contribution in [3.8, 4) is 0 Å². The van der Waals surface area contributed by atoms with Crippen molar-refractivity contribution in [2.45, 2.75) is 53.0 Å². The van der Waals surface area contributed by atoms with E-state index in [0.29, 0.717) is 5.41 Å². The van der Waals surface area contributed by atoms with Crippen molar-refractivity contribution in [2.24, 2.45) is 5.41 Å². The molecule has 1 saturated heterocycles. The Labute approximate surface area is 134 Å². The second-order valence-corrected chi connectivity index (χ2v) is 6.74. The lowest BCUT2D eigenvalue weighted by atomic mass is 9.82. The largest absolute Gasteiger partial charge is 0.371 e. The predicted molar refractivity (Wildman–Crippen MR) is 93.3 cm³/mol. The Kier molecular flexibility index (Phi) is 5.95. The first-order valence-corrected chi connectivity index (χ1v) is 8.76. The fourth-order valence-electron chi connectivity index (χ4n) is 3.26. The molecule has 21 heavy (non-hydrogen) atoms. The van der Waals surface area contributed by atoms with E-state index in [0.717, 1.165) is 31.1 Å². The fraction of sp³-hybridized carbons (Fsp3) is 0.667. The van der Waals surface area contributed by atoms with Crippen LogP contribution in [-0.2, 0) is 6.54 Å². The highest BCUT2D eigenvalue weighted by molar-refractivity contribution is 6.31. The molecule has 0 radical (unpaired) electrons. The average molecular weight is 309 g/mol. The summed E-state index contributed by atoms with van der Waals surface area (Å²) in [5.41, 5.74) is 2.99. The van der Waals surface area contributed by atoms with E-state index < -0.39 is 0 Å². The van der Waals surface area contributed by atoms with Crippen LogP contribution in [0.5, 0.6) is 0 Å². The van der Waals surface area contributed by atoms with Gasteiger partial charge in [0.2, 0.25) is 0 Å². The van der Waals surface area contributed by atoms with Crippen LogP contribution in [0, 0.1) is 5.41 Å². The lowest BCUT2D eigenvalue weighted by Gasteiger charge is -2.27. The standard InChI is InChI=1S/C18H29ClN2/c1-4-10-20-13-15-7-8-16(12-17(15)19)21-11-9-18(5-2,6-3)14-21/h7-8,12,20H,4-6,9-11,13-14H2,1-3H3. The lowest BCUT2D eigenvalue weighted by molar-refractivity contribution is 0.301. The lowest BCUT2D eigenvalue weighted by Crippen LogP contribution is -2.26. The van der Waals surface area contributed by atoms with Crippen LogP contribution in [0.25, 0.3) is 0 Å². The molecule has 118 valence electrons. The Bertz CT molecular complexity index is 455. The van der Waals surface area contributed by atoms with Crippen LogP contribution in [0.3, 0.4) is 0 Å². The second kappa shape index (κ2) is 7.51. The van der Waals surface area contributed by atoms with Gasteiger partial charge in [0.25, 0.3) is 0 Å². The molecular formula is C18H29ClN2. The Morgan fingerprint density at radius 1 is 1.24 bits per heavy atom. The summed E-state index contributed by atoms with van der Waals surface area (Å²) >= 11 is 6.46. The second-order valence-electron chi connectivity index (χ2n) is 6.33. The zero-order valence-electron chi connectivity index (χ0n) is 13.7. The number of anilines is 1. The van der Waals surface area contributed by atoms with Crippen molar-refractivity contribution in [3.05, 3.63) is 28.8 Å². The molecule has 1 heterocycles. The highest BCUT2D eigenvalue weighted by Crippen LogP contribution is 2.39. The number of nitrogens with zero attached hydrogens (tertiary/aromatic N) is 1. The van der Waals surface area contributed by atoms with E-state index in [-0.39, 0.29) is 0 Å². The molecule has 1 aliphatic heterocycles. The van der Waals surface area contributed by atoms with Gasteiger partial charge in [-0.15, -0.1) is 0 Å². The summed E-state index contributed by atoms with van der Waals surface area (Å²) < 4.78 is 0. The van der Waals surface area contributed by atoms with Gasteiger partial charge >= 0.3 is 0 Å². The Morgan fingerprint density at radius 3 is 2.57 bits per heavy atom. The minimum absolute atomic E-state index is 0.508. The van der Waals surface area contributed by atoms with Crippen LogP contribution in [0.1, 0.15) is 52.0 Å². The summed E-state index contributed by atoms with van der Waals surface area (Å²) in [6.07, 6.45) is 5.00. The van der Waals surface area contributed by atoms with Gasteiger partial charge in [-0.05, 0) is 55.3 Å². The molecule has 1 aromatic carbocycles. The van der Waals surface area contributed by atoms with Crippen LogP contribution >= 0.6 is 11.6 Å². The molecule has 1 fully saturated rings. The quantitative estimate of drug-likeness (QED) is 0.724. The van der Waals surface area contributed by atoms with Gasteiger partial charge in [0.1, 0.15) is 0 Å². The zero-order chi connectivity index (χ0) is 15.3. The molecule has 1 N–H and O–H groups in total. The summed E-state index contributed by atoms with van der Waals surface area (Å²) in [6, 6.07) is 6.56. The average Bonchev–Trinajstić information content (AvgIpc) is 2.94. The third kappa shape index (κ3) is 3.92. The minimum atomic E-state index is 0.508. The number of halogens is 1.